The Kier molecular flexibility index (Phi) is 5.57. The van der Waals surface area contributed by atoms with E-state index in [1.165, 1.54) is 5.56 Å². The van der Waals surface area contributed by atoms with Gasteiger partial charge >= 0.3 is 5.97 Å². The highest BCUT2D eigenvalue weighted by atomic mass is 16.4. The van der Waals surface area contributed by atoms with E-state index < -0.39 is 12.0 Å². The van der Waals surface area contributed by atoms with Gasteiger partial charge in [0.05, 0.1) is 0 Å². The smallest absolute Gasteiger partial charge is 0.320 e. The Morgan fingerprint density at radius 2 is 1.88 bits per heavy atom. The largest absolute Gasteiger partial charge is 0.480 e. The molecule has 0 aromatic heterocycles. The fraction of sp³-hybridized carbons (Fsp3) is 0.462. The van der Waals surface area contributed by atoms with Crippen LogP contribution in [0.15, 0.2) is 30.3 Å². The minimum absolute atomic E-state index is 0.574. The summed E-state index contributed by atoms with van der Waals surface area (Å²) in [6.07, 6.45) is 4.65. The van der Waals surface area contributed by atoms with Crippen LogP contribution in [0.4, 0.5) is 0 Å². The van der Waals surface area contributed by atoms with E-state index in [1.807, 2.05) is 18.2 Å². The first-order valence-electron chi connectivity index (χ1n) is 5.72. The minimum Gasteiger partial charge on any atom is -0.480 e. The van der Waals surface area contributed by atoms with Crippen molar-refractivity contribution in [2.75, 3.05) is 0 Å². The molecular formula is C13H19NO2. The highest BCUT2D eigenvalue weighted by Crippen LogP contribution is 2.08. The van der Waals surface area contributed by atoms with Crippen molar-refractivity contribution < 1.29 is 9.90 Å². The second kappa shape index (κ2) is 7.01. The van der Waals surface area contributed by atoms with Crippen LogP contribution >= 0.6 is 0 Å². The van der Waals surface area contributed by atoms with Crippen LogP contribution in [0.25, 0.3) is 0 Å². The summed E-state index contributed by atoms with van der Waals surface area (Å²) in [6.45, 7) is 0. The molecule has 0 bridgehead atoms. The number of aliphatic carboxylic acids is 1. The van der Waals surface area contributed by atoms with E-state index in [-0.39, 0.29) is 0 Å². The van der Waals surface area contributed by atoms with Gasteiger partial charge in [0, 0.05) is 0 Å². The molecule has 3 heteroatoms. The predicted molar refractivity (Wildman–Crippen MR) is 64.2 cm³/mol. The lowest BCUT2D eigenvalue weighted by Crippen LogP contribution is -2.29. The number of rotatable bonds is 7. The molecule has 0 saturated heterocycles. The summed E-state index contributed by atoms with van der Waals surface area (Å²) in [4.78, 5) is 10.5. The van der Waals surface area contributed by atoms with Crippen molar-refractivity contribution >= 4 is 5.97 Å². The maximum Gasteiger partial charge on any atom is 0.320 e. The molecule has 88 valence electrons. The van der Waals surface area contributed by atoms with Gasteiger partial charge in [0.25, 0.3) is 0 Å². The van der Waals surface area contributed by atoms with Crippen molar-refractivity contribution in [3.63, 3.8) is 0 Å². The Morgan fingerprint density at radius 3 is 2.50 bits per heavy atom. The third-order valence-electron chi connectivity index (χ3n) is 2.64. The predicted octanol–water partition coefficient (Wildman–Crippen LogP) is 2.20. The average Bonchev–Trinajstić information content (AvgIpc) is 2.29. The van der Waals surface area contributed by atoms with Crippen LogP contribution in [0.5, 0.6) is 0 Å². The molecule has 1 aromatic carbocycles. The first kappa shape index (κ1) is 12.7. The van der Waals surface area contributed by atoms with Crippen LogP contribution in [-0.4, -0.2) is 17.1 Å². The Labute approximate surface area is 96.3 Å². The van der Waals surface area contributed by atoms with Gasteiger partial charge in [-0.2, -0.15) is 0 Å². The number of carboxylic acid groups (broad SMARTS) is 1. The molecule has 0 aliphatic rings. The molecule has 0 aliphatic carbocycles. The highest BCUT2D eigenvalue weighted by molar-refractivity contribution is 5.72. The molecule has 0 unspecified atom stereocenters. The van der Waals surface area contributed by atoms with Gasteiger partial charge in [-0.1, -0.05) is 43.2 Å². The third-order valence-corrected chi connectivity index (χ3v) is 2.64. The van der Waals surface area contributed by atoms with E-state index in [4.69, 9.17) is 10.8 Å². The molecule has 0 spiro atoms. The third kappa shape index (κ3) is 4.94. The summed E-state index contributed by atoms with van der Waals surface area (Å²) in [7, 11) is 0. The standard InChI is InChI=1S/C13H19NO2/c14-12(13(15)16)10-6-2-5-9-11-7-3-1-4-8-11/h1,3-4,7-8,12H,2,5-6,9-10,14H2,(H,15,16)/t12-/m0/s1. The number of carboxylic acids is 1. The second-order valence-electron chi connectivity index (χ2n) is 4.03. The molecule has 3 N–H and O–H groups in total. The molecule has 0 aliphatic heterocycles. The summed E-state index contributed by atoms with van der Waals surface area (Å²) in [6, 6.07) is 9.61. The van der Waals surface area contributed by atoms with E-state index in [0.717, 1.165) is 25.7 Å². The van der Waals surface area contributed by atoms with Crippen LogP contribution in [0.3, 0.4) is 0 Å². The van der Waals surface area contributed by atoms with Gasteiger partial charge in [0.1, 0.15) is 6.04 Å². The summed E-state index contributed by atoms with van der Waals surface area (Å²) in [5.41, 5.74) is 6.75. The van der Waals surface area contributed by atoms with E-state index in [2.05, 4.69) is 12.1 Å². The summed E-state index contributed by atoms with van der Waals surface area (Å²) >= 11 is 0. The maximum atomic E-state index is 10.5. The number of carbonyl (C=O) groups is 1. The Morgan fingerprint density at radius 1 is 1.19 bits per heavy atom. The van der Waals surface area contributed by atoms with Gasteiger partial charge in [-0.25, -0.2) is 0 Å². The van der Waals surface area contributed by atoms with Crippen molar-refractivity contribution in [2.24, 2.45) is 5.73 Å². The fourth-order valence-electron chi connectivity index (χ4n) is 1.64. The van der Waals surface area contributed by atoms with E-state index >= 15 is 0 Å². The van der Waals surface area contributed by atoms with Crippen LogP contribution < -0.4 is 5.73 Å². The van der Waals surface area contributed by atoms with Crippen LogP contribution in [0, 0.1) is 0 Å². The van der Waals surface area contributed by atoms with Gasteiger partial charge in [-0.05, 0) is 24.8 Å². The zero-order valence-electron chi connectivity index (χ0n) is 9.43. The van der Waals surface area contributed by atoms with Gasteiger partial charge in [0.2, 0.25) is 0 Å². The molecule has 1 aromatic rings. The minimum atomic E-state index is -0.900. The zero-order chi connectivity index (χ0) is 11.8. The number of hydrogen-bond acceptors (Lipinski definition) is 2. The maximum absolute atomic E-state index is 10.5. The Balaban J connectivity index is 2.07. The Hall–Kier alpha value is -1.35. The molecule has 0 heterocycles. The lowest BCUT2D eigenvalue weighted by molar-refractivity contribution is -0.138. The summed E-state index contributed by atoms with van der Waals surface area (Å²) in [5.74, 6) is -0.900. The molecule has 1 rings (SSSR count). The van der Waals surface area contributed by atoms with Crippen molar-refractivity contribution in [3.05, 3.63) is 35.9 Å². The van der Waals surface area contributed by atoms with Gasteiger partial charge in [-0.3, -0.25) is 4.79 Å². The van der Waals surface area contributed by atoms with Crippen molar-refractivity contribution in [3.8, 4) is 0 Å². The number of unbranched alkanes of at least 4 members (excludes halogenated alkanes) is 2. The molecule has 0 fully saturated rings. The first-order valence-corrected chi connectivity index (χ1v) is 5.72. The number of nitrogens with two attached hydrogens (primary N) is 1. The van der Waals surface area contributed by atoms with E-state index in [9.17, 15) is 4.79 Å². The number of hydrogen-bond donors (Lipinski definition) is 2. The molecule has 0 saturated carbocycles. The lowest BCUT2D eigenvalue weighted by atomic mass is 10.0. The average molecular weight is 221 g/mol. The molecule has 0 amide bonds. The van der Waals surface area contributed by atoms with Gasteiger partial charge in [0.15, 0.2) is 0 Å². The normalized spacial score (nSPS) is 12.3. The number of benzene rings is 1. The molecule has 16 heavy (non-hydrogen) atoms. The zero-order valence-corrected chi connectivity index (χ0v) is 9.43. The van der Waals surface area contributed by atoms with Crippen LogP contribution in [0.1, 0.15) is 31.2 Å². The van der Waals surface area contributed by atoms with Crippen molar-refractivity contribution in [1.29, 1.82) is 0 Å². The second-order valence-corrected chi connectivity index (χ2v) is 4.03. The SMILES string of the molecule is N[C@@H](CCCCCc1ccccc1)C(=O)O. The quantitative estimate of drug-likeness (QED) is 0.694. The molecule has 3 nitrogen and oxygen atoms in total. The summed E-state index contributed by atoms with van der Waals surface area (Å²) < 4.78 is 0. The summed E-state index contributed by atoms with van der Waals surface area (Å²) in [5, 5.41) is 8.59. The van der Waals surface area contributed by atoms with Crippen molar-refractivity contribution in [2.45, 2.75) is 38.1 Å². The van der Waals surface area contributed by atoms with Crippen molar-refractivity contribution in [1.82, 2.24) is 0 Å². The Bertz CT molecular complexity index is 311. The van der Waals surface area contributed by atoms with Crippen LogP contribution in [-0.2, 0) is 11.2 Å². The number of aryl methyl sites for hydroxylation is 1. The van der Waals surface area contributed by atoms with E-state index in [1.54, 1.807) is 0 Å². The lowest BCUT2D eigenvalue weighted by Gasteiger charge is -2.05. The van der Waals surface area contributed by atoms with Gasteiger partial charge < -0.3 is 10.8 Å². The molecular weight excluding hydrogens is 202 g/mol. The van der Waals surface area contributed by atoms with E-state index in [0.29, 0.717) is 6.42 Å². The van der Waals surface area contributed by atoms with Crippen LogP contribution in [0.2, 0.25) is 0 Å². The fourth-order valence-corrected chi connectivity index (χ4v) is 1.64. The highest BCUT2D eigenvalue weighted by Gasteiger charge is 2.09. The molecule has 0 radical (unpaired) electrons. The topological polar surface area (TPSA) is 63.3 Å². The van der Waals surface area contributed by atoms with Gasteiger partial charge in [-0.15, -0.1) is 0 Å². The monoisotopic (exact) mass is 221 g/mol. The first-order chi connectivity index (χ1) is 7.70. The molecule has 1 atom stereocenters.